The second-order valence-electron chi connectivity index (χ2n) is 7.99. The minimum absolute atomic E-state index is 0.267. The first-order valence-electron chi connectivity index (χ1n) is 11.2. The van der Waals surface area contributed by atoms with Crippen molar-refractivity contribution >= 4 is 17.5 Å². The minimum atomic E-state index is -0.267. The highest BCUT2D eigenvalue weighted by Crippen LogP contribution is 2.28. The van der Waals surface area contributed by atoms with E-state index in [4.69, 9.17) is 4.74 Å². The van der Waals surface area contributed by atoms with E-state index >= 15 is 0 Å². The van der Waals surface area contributed by atoms with Gasteiger partial charge < -0.3 is 9.64 Å². The highest BCUT2D eigenvalue weighted by molar-refractivity contribution is 6.10. The van der Waals surface area contributed by atoms with E-state index in [1.54, 1.807) is 31.4 Å². The van der Waals surface area contributed by atoms with E-state index in [1.165, 1.54) is 4.90 Å². The van der Waals surface area contributed by atoms with Crippen LogP contribution >= 0.6 is 0 Å². The number of carbonyl (C=O) groups excluding carboxylic acids is 2. The van der Waals surface area contributed by atoms with Crippen molar-refractivity contribution in [3.63, 3.8) is 0 Å². The monoisotopic (exact) mass is 443 g/mol. The fraction of sp³-hybridized carbons (Fsp3) is 0.259. The van der Waals surface area contributed by atoms with Crippen LogP contribution in [0.3, 0.4) is 0 Å². The molecule has 0 N–H and O–H groups in total. The van der Waals surface area contributed by atoms with Gasteiger partial charge in [0.1, 0.15) is 5.75 Å². The van der Waals surface area contributed by atoms with Crippen molar-refractivity contribution in [2.45, 2.75) is 0 Å². The van der Waals surface area contributed by atoms with E-state index < -0.39 is 0 Å². The number of piperazine rings is 1. The van der Waals surface area contributed by atoms with Gasteiger partial charge >= 0.3 is 0 Å². The standard InChI is InChI=1S/C27H29N3O3/c1-33-25-15-9-8-14-24(25)29-19-16-28(17-20-29)18-21-30(26(31)22-10-4-2-5-11-22)27(32)23-12-6-3-7-13-23/h2-15H,16-21H2,1H3. The SMILES string of the molecule is COc1ccccc1N1CCN(CCN(C(=O)c2ccccc2)C(=O)c2ccccc2)CC1. The summed E-state index contributed by atoms with van der Waals surface area (Å²) in [7, 11) is 1.69. The lowest BCUT2D eigenvalue weighted by Gasteiger charge is -2.37. The first kappa shape index (κ1) is 22.6. The van der Waals surface area contributed by atoms with Crippen molar-refractivity contribution in [1.29, 1.82) is 0 Å². The van der Waals surface area contributed by atoms with Gasteiger partial charge in [-0.2, -0.15) is 0 Å². The van der Waals surface area contributed by atoms with Crippen LogP contribution in [0.5, 0.6) is 5.75 Å². The number of imide groups is 1. The zero-order chi connectivity index (χ0) is 23.0. The topological polar surface area (TPSA) is 53.1 Å². The third-order valence-electron chi connectivity index (χ3n) is 5.97. The molecule has 6 heteroatoms. The minimum Gasteiger partial charge on any atom is -0.495 e. The van der Waals surface area contributed by atoms with Gasteiger partial charge in [0.25, 0.3) is 11.8 Å². The van der Waals surface area contributed by atoms with Gasteiger partial charge in [0.05, 0.1) is 12.8 Å². The van der Waals surface area contributed by atoms with Gasteiger partial charge in [-0.3, -0.25) is 19.4 Å². The molecule has 33 heavy (non-hydrogen) atoms. The molecule has 0 spiro atoms. The molecule has 6 nitrogen and oxygen atoms in total. The van der Waals surface area contributed by atoms with Gasteiger partial charge in [0, 0.05) is 50.4 Å². The van der Waals surface area contributed by atoms with Gasteiger partial charge in [0.15, 0.2) is 0 Å². The van der Waals surface area contributed by atoms with Crippen molar-refractivity contribution in [3.05, 3.63) is 96.1 Å². The van der Waals surface area contributed by atoms with E-state index in [1.807, 2.05) is 54.6 Å². The summed E-state index contributed by atoms with van der Waals surface area (Å²) < 4.78 is 5.50. The molecular weight excluding hydrogens is 414 g/mol. The fourth-order valence-corrected chi connectivity index (χ4v) is 4.11. The number of benzene rings is 3. The number of anilines is 1. The lowest BCUT2D eigenvalue weighted by molar-refractivity contribution is 0.0596. The first-order chi connectivity index (χ1) is 16.2. The number of hydrogen-bond acceptors (Lipinski definition) is 5. The van der Waals surface area contributed by atoms with E-state index in [-0.39, 0.29) is 11.8 Å². The molecule has 1 aliphatic rings. The molecule has 0 unspecified atom stereocenters. The van der Waals surface area contributed by atoms with Crippen LogP contribution in [0.2, 0.25) is 0 Å². The lowest BCUT2D eigenvalue weighted by atomic mass is 10.1. The number of ether oxygens (including phenoxy) is 1. The zero-order valence-corrected chi connectivity index (χ0v) is 18.9. The molecule has 0 radical (unpaired) electrons. The molecule has 4 rings (SSSR count). The number of methoxy groups -OCH3 is 1. The predicted octanol–water partition coefficient (Wildman–Crippen LogP) is 3.80. The normalized spacial score (nSPS) is 14.0. The van der Waals surface area contributed by atoms with Crippen LogP contribution in [0.4, 0.5) is 5.69 Å². The Balaban J connectivity index is 1.42. The summed E-state index contributed by atoms with van der Waals surface area (Å²) in [6.07, 6.45) is 0. The molecule has 1 fully saturated rings. The average Bonchev–Trinajstić information content (AvgIpc) is 2.90. The highest BCUT2D eigenvalue weighted by atomic mass is 16.5. The second-order valence-corrected chi connectivity index (χ2v) is 7.99. The number of nitrogens with zero attached hydrogens (tertiary/aromatic N) is 3. The maximum Gasteiger partial charge on any atom is 0.260 e. The molecule has 0 saturated carbocycles. The zero-order valence-electron chi connectivity index (χ0n) is 18.9. The van der Waals surface area contributed by atoms with Crippen LogP contribution in [-0.2, 0) is 0 Å². The molecule has 3 aromatic rings. The number of amides is 2. The molecule has 1 heterocycles. The number of para-hydroxylation sites is 2. The number of rotatable bonds is 7. The second kappa shape index (κ2) is 10.8. The summed E-state index contributed by atoms with van der Waals surface area (Å²) in [5, 5.41) is 0. The summed E-state index contributed by atoms with van der Waals surface area (Å²) in [6.45, 7) is 4.40. The summed E-state index contributed by atoms with van der Waals surface area (Å²) in [5.41, 5.74) is 2.13. The summed E-state index contributed by atoms with van der Waals surface area (Å²) in [4.78, 5) is 32.4. The Bertz CT molecular complexity index is 1010. The maximum atomic E-state index is 13.2. The Morgan fingerprint density at radius 3 is 1.82 bits per heavy atom. The van der Waals surface area contributed by atoms with Gasteiger partial charge in [-0.15, -0.1) is 0 Å². The molecule has 0 bridgehead atoms. The highest BCUT2D eigenvalue weighted by Gasteiger charge is 2.26. The summed E-state index contributed by atoms with van der Waals surface area (Å²) in [5.74, 6) is 0.341. The smallest absolute Gasteiger partial charge is 0.260 e. The van der Waals surface area contributed by atoms with Crippen LogP contribution in [0, 0.1) is 0 Å². The third kappa shape index (κ3) is 5.41. The lowest BCUT2D eigenvalue weighted by Crippen LogP contribution is -2.50. The molecule has 0 aromatic heterocycles. The molecule has 0 atom stereocenters. The predicted molar refractivity (Wildman–Crippen MR) is 130 cm³/mol. The Labute approximate surface area is 195 Å². The van der Waals surface area contributed by atoms with Crippen LogP contribution in [0.15, 0.2) is 84.9 Å². The molecule has 0 aliphatic carbocycles. The fourth-order valence-electron chi connectivity index (χ4n) is 4.11. The van der Waals surface area contributed by atoms with Crippen LogP contribution in [-0.4, -0.2) is 68.0 Å². The Kier molecular flexibility index (Phi) is 7.37. The quantitative estimate of drug-likeness (QED) is 0.520. The maximum absolute atomic E-state index is 13.2. The Morgan fingerprint density at radius 1 is 0.758 bits per heavy atom. The Morgan fingerprint density at radius 2 is 1.27 bits per heavy atom. The van der Waals surface area contributed by atoms with Gasteiger partial charge in [-0.25, -0.2) is 0 Å². The van der Waals surface area contributed by atoms with E-state index in [0.29, 0.717) is 24.2 Å². The van der Waals surface area contributed by atoms with Crippen LogP contribution in [0.25, 0.3) is 0 Å². The molecule has 2 amide bonds. The van der Waals surface area contributed by atoms with Crippen molar-refractivity contribution < 1.29 is 14.3 Å². The molecular formula is C27H29N3O3. The van der Waals surface area contributed by atoms with Crippen LogP contribution in [0.1, 0.15) is 20.7 Å². The van der Waals surface area contributed by atoms with Crippen molar-refractivity contribution in [2.75, 3.05) is 51.3 Å². The number of hydrogen-bond donors (Lipinski definition) is 0. The third-order valence-corrected chi connectivity index (χ3v) is 5.97. The van der Waals surface area contributed by atoms with Gasteiger partial charge in [0.2, 0.25) is 0 Å². The largest absolute Gasteiger partial charge is 0.495 e. The van der Waals surface area contributed by atoms with E-state index in [9.17, 15) is 9.59 Å². The molecule has 1 saturated heterocycles. The average molecular weight is 444 g/mol. The molecule has 1 aliphatic heterocycles. The Hall–Kier alpha value is -3.64. The summed E-state index contributed by atoms with van der Waals surface area (Å²) >= 11 is 0. The van der Waals surface area contributed by atoms with E-state index in [0.717, 1.165) is 37.6 Å². The molecule has 3 aromatic carbocycles. The van der Waals surface area contributed by atoms with Crippen molar-refractivity contribution in [3.8, 4) is 5.75 Å². The van der Waals surface area contributed by atoms with Gasteiger partial charge in [-0.05, 0) is 36.4 Å². The van der Waals surface area contributed by atoms with Crippen molar-refractivity contribution in [2.24, 2.45) is 0 Å². The summed E-state index contributed by atoms with van der Waals surface area (Å²) in [6, 6.07) is 26.0. The van der Waals surface area contributed by atoms with Crippen LogP contribution < -0.4 is 9.64 Å². The number of carbonyl (C=O) groups is 2. The molecule has 170 valence electrons. The first-order valence-corrected chi connectivity index (χ1v) is 11.2. The van der Waals surface area contributed by atoms with E-state index in [2.05, 4.69) is 15.9 Å². The van der Waals surface area contributed by atoms with Gasteiger partial charge in [-0.1, -0.05) is 48.5 Å². The van der Waals surface area contributed by atoms with Crippen molar-refractivity contribution in [1.82, 2.24) is 9.80 Å².